The van der Waals surface area contributed by atoms with Gasteiger partial charge in [0.15, 0.2) is 5.76 Å². The Bertz CT molecular complexity index is 860. The van der Waals surface area contributed by atoms with Gasteiger partial charge in [0.25, 0.3) is 5.91 Å². The Kier molecular flexibility index (Phi) is 5.23. The van der Waals surface area contributed by atoms with Crippen molar-refractivity contribution in [3.8, 4) is 6.07 Å². The van der Waals surface area contributed by atoms with Gasteiger partial charge in [-0.3, -0.25) is 9.59 Å². The minimum absolute atomic E-state index is 0.0806. The number of nitriles is 1. The summed E-state index contributed by atoms with van der Waals surface area (Å²) in [6.45, 7) is 3.25. The van der Waals surface area contributed by atoms with E-state index in [1.165, 1.54) is 25.5 Å². The molecular weight excluding hydrogens is 332 g/mol. The minimum atomic E-state index is -0.419. The summed E-state index contributed by atoms with van der Waals surface area (Å²) in [7, 11) is 0. The van der Waals surface area contributed by atoms with E-state index in [-0.39, 0.29) is 17.4 Å². The number of nitrogens with zero attached hydrogens (tertiary/aromatic N) is 2. The monoisotopic (exact) mass is 352 g/mol. The van der Waals surface area contributed by atoms with E-state index in [4.69, 9.17) is 9.68 Å². The van der Waals surface area contributed by atoms with E-state index in [1.54, 1.807) is 12.1 Å². The van der Waals surface area contributed by atoms with Gasteiger partial charge >= 0.3 is 0 Å². The van der Waals surface area contributed by atoms with Crippen LogP contribution in [0.2, 0.25) is 0 Å². The lowest BCUT2D eigenvalue weighted by atomic mass is 10.1. The first kappa shape index (κ1) is 17.5. The zero-order valence-corrected chi connectivity index (χ0v) is 14.5. The van der Waals surface area contributed by atoms with Crippen molar-refractivity contribution in [1.82, 2.24) is 0 Å². The maximum Gasteiger partial charge on any atom is 0.291 e. The van der Waals surface area contributed by atoms with E-state index in [2.05, 4.69) is 15.5 Å². The second-order valence-corrected chi connectivity index (χ2v) is 6.19. The summed E-state index contributed by atoms with van der Waals surface area (Å²) in [6, 6.07) is 10.2. The normalized spacial score (nSPS) is 13.8. The number of hydrogen-bond donors (Lipinski definition) is 2. The van der Waals surface area contributed by atoms with Crippen LogP contribution < -0.4 is 15.5 Å². The van der Waals surface area contributed by atoms with Crippen LogP contribution in [0.15, 0.2) is 34.7 Å². The fourth-order valence-electron chi connectivity index (χ4n) is 3.02. The number of rotatable bonds is 4. The van der Waals surface area contributed by atoms with Gasteiger partial charge < -0.3 is 20.0 Å². The highest BCUT2D eigenvalue weighted by atomic mass is 16.3. The molecule has 26 heavy (non-hydrogen) atoms. The molecule has 2 heterocycles. The predicted octanol–water partition coefficient (Wildman–Crippen LogP) is 3.35. The number of nitrogens with one attached hydrogen (secondary N) is 2. The van der Waals surface area contributed by atoms with Crippen LogP contribution in [0.5, 0.6) is 0 Å². The molecule has 3 rings (SSSR count). The molecule has 0 atom stereocenters. The molecule has 1 aromatic heterocycles. The standard InChI is InChI=1S/C19H20N4O3/c1-13(24)21-14-5-7-16(17(11-14)23-9-3-2-4-10-23)22-19(25)18-8-6-15(12-20)26-18/h5-8,11H,2-4,9-10H2,1H3,(H,21,24)(H,22,25). The van der Waals surface area contributed by atoms with Crippen molar-refractivity contribution in [3.05, 3.63) is 41.9 Å². The lowest BCUT2D eigenvalue weighted by molar-refractivity contribution is -0.114. The van der Waals surface area contributed by atoms with Crippen LogP contribution in [0.3, 0.4) is 0 Å². The van der Waals surface area contributed by atoms with Crippen molar-refractivity contribution in [2.24, 2.45) is 0 Å². The quantitative estimate of drug-likeness (QED) is 0.879. The molecule has 1 aliphatic heterocycles. The van der Waals surface area contributed by atoms with Gasteiger partial charge in [0, 0.05) is 25.7 Å². The molecule has 1 fully saturated rings. The molecule has 1 aromatic carbocycles. The van der Waals surface area contributed by atoms with Crippen LogP contribution in [0, 0.1) is 11.3 Å². The van der Waals surface area contributed by atoms with E-state index in [1.807, 2.05) is 12.1 Å². The molecule has 0 bridgehead atoms. The molecule has 0 radical (unpaired) electrons. The van der Waals surface area contributed by atoms with Crippen molar-refractivity contribution in [3.63, 3.8) is 0 Å². The third-order valence-corrected chi connectivity index (χ3v) is 4.20. The van der Waals surface area contributed by atoms with E-state index >= 15 is 0 Å². The van der Waals surface area contributed by atoms with E-state index in [0.29, 0.717) is 11.4 Å². The van der Waals surface area contributed by atoms with Crippen molar-refractivity contribution >= 4 is 28.9 Å². The number of piperidine rings is 1. The number of furan rings is 1. The third-order valence-electron chi connectivity index (χ3n) is 4.20. The fraction of sp³-hybridized carbons (Fsp3) is 0.316. The number of carbonyl (C=O) groups excluding carboxylic acids is 2. The average Bonchev–Trinajstić information content (AvgIpc) is 3.12. The molecule has 0 unspecified atom stereocenters. The van der Waals surface area contributed by atoms with Gasteiger partial charge in [0.1, 0.15) is 6.07 Å². The van der Waals surface area contributed by atoms with Gasteiger partial charge in [0.2, 0.25) is 11.7 Å². The molecule has 1 aliphatic rings. The zero-order valence-electron chi connectivity index (χ0n) is 14.5. The first-order chi connectivity index (χ1) is 12.6. The Morgan fingerprint density at radius 2 is 1.88 bits per heavy atom. The number of anilines is 3. The zero-order chi connectivity index (χ0) is 18.5. The highest BCUT2D eigenvalue weighted by molar-refractivity contribution is 6.04. The van der Waals surface area contributed by atoms with Crippen LogP contribution in [0.25, 0.3) is 0 Å². The predicted molar refractivity (Wildman–Crippen MR) is 98.2 cm³/mol. The van der Waals surface area contributed by atoms with E-state index in [9.17, 15) is 9.59 Å². The SMILES string of the molecule is CC(=O)Nc1ccc(NC(=O)c2ccc(C#N)o2)c(N2CCCCC2)c1. The van der Waals surface area contributed by atoms with Gasteiger partial charge in [-0.15, -0.1) is 0 Å². The van der Waals surface area contributed by atoms with Crippen molar-refractivity contribution < 1.29 is 14.0 Å². The van der Waals surface area contributed by atoms with E-state index in [0.717, 1.165) is 31.6 Å². The minimum Gasteiger partial charge on any atom is -0.440 e. The van der Waals surface area contributed by atoms with Gasteiger partial charge in [-0.1, -0.05) is 0 Å². The first-order valence-electron chi connectivity index (χ1n) is 8.54. The summed E-state index contributed by atoms with van der Waals surface area (Å²) in [5, 5.41) is 14.4. The van der Waals surface area contributed by atoms with Gasteiger partial charge in [-0.05, 0) is 49.6 Å². The van der Waals surface area contributed by atoms with Crippen LogP contribution in [0.1, 0.15) is 42.5 Å². The Morgan fingerprint density at radius 1 is 1.12 bits per heavy atom. The molecule has 1 saturated heterocycles. The Morgan fingerprint density at radius 3 is 2.54 bits per heavy atom. The lowest BCUT2D eigenvalue weighted by Crippen LogP contribution is -2.30. The number of amides is 2. The van der Waals surface area contributed by atoms with Crippen molar-refractivity contribution in [2.75, 3.05) is 28.6 Å². The van der Waals surface area contributed by atoms with Crippen LogP contribution in [-0.2, 0) is 4.79 Å². The fourth-order valence-corrected chi connectivity index (χ4v) is 3.02. The molecule has 2 amide bonds. The highest BCUT2D eigenvalue weighted by Gasteiger charge is 2.19. The summed E-state index contributed by atoms with van der Waals surface area (Å²) in [5.74, 6) is -0.396. The maximum atomic E-state index is 12.4. The molecule has 134 valence electrons. The second kappa shape index (κ2) is 7.74. The smallest absolute Gasteiger partial charge is 0.291 e. The molecule has 0 spiro atoms. The molecule has 2 aromatic rings. The molecule has 7 heteroatoms. The number of hydrogen-bond acceptors (Lipinski definition) is 5. The van der Waals surface area contributed by atoms with Crippen LogP contribution in [0.4, 0.5) is 17.1 Å². The molecule has 7 nitrogen and oxygen atoms in total. The third kappa shape index (κ3) is 4.03. The van der Waals surface area contributed by atoms with Gasteiger partial charge in [-0.25, -0.2) is 0 Å². The highest BCUT2D eigenvalue weighted by Crippen LogP contribution is 2.32. The summed E-state index contributed by atoms with van der Waals surface area (Å²) < 4.78 is 5.18. The van der Waals surface area contributed by atoms with Crippen molar-refractivity contribution in [1.29, 1.82) is 5.26 Å². The number of benzene rings is 1. The summed E-state index contributed by atoms with van der Waals surface area (Å²) in [6.07, 6.45) is 3.36. The Hall–Kier alpha value is -3.27. The summed E-state index contributed by atoms with van der Waals surface area (Å²) in [4.78, 5) is 26.0. The molecular formula is C19H20N4O3. The average molecular weight is 352 g/mol. The molecule has 2 N–H and O–H groups in total. The van der Waals surface area contributed by atoms with Crippen LogP contribution in [-0.4, -0.2) is 24.9 Å². The number of carbonyl (C=O) groups is 2. The Labute approximate surface area is 151 Å². The second-order valence-electron chi connectivity index (χ2n) is 6.19. The lowest BCUT2D eigenvalue weighted by Gasteiger charge is -2.31. The summed E-state index contributed by atoms with van der Waals surface area (Å²) >= 11 is 0. The van der Waals surface area contributed by atoms with E-state index < -0.39 is 5.91 Å². The Balaban J connectivity index is 1.87. The van der Waals surface area contributed by atoms with Crippen LogP contribution >= 0.6 is 0 Å². The largest absolute Gasteiger partial charge is 0.440 e. The summed E-state index contributed by atoms with van der Waals surface area (Å²) in [5.41, 5.74) is 2.18. The molecule has 0 saturated carbocycles. The maximum absolute atomic E-state index is 12.4. The van der Waals surface area contributed by atoms with Crippen molar-refractivity contribution in [2.45, 2.75) is 26.2 Å². The van der Waals surface area contributed by atoms with Gasteiger partial charge in [-0.2, -0.15) is 5.26 Å². The molecule has 0 aliphatic carbocycles. The topological polar surface area (TPSA) is 98.4 Å². The van der Waals surface area contributed by atoms with Gasteiger partial charge in [0.05, 0.1) is 11.4 Å². The first-order valence-corrected chi connectivity index (χ1v) is 8.54.